The van der Waals surface area contributed by atoms with Crippen molar-refractivity contribution >= 4 is 24.1 Å². The van der Waals surface area contributed by atoms with Crippen LogP contribution >= 0.6 is 0 Å². The summed E-state index contributed by atoms with van der Waals surface area (Å²) in [4.78, 5) is 40.3. The maximum Gasteiger partial charge on any atom is 0.206 e. The van der Waals surface area contributed by atoms with E-state index >= 15 is 0 Å². The molecular formula is C7H6O4. The van der Waals surface area contributed by atoms with E-state index in [2.05, 4.69) is 0 Å². The predicted molar refractivity (Wildman–Crippen MR) is 35.3 cm³/mol. The molecule has 0 heterocycles. The van der Waals surface area contributed by atoms with Gasteiger partial charge in [0, 0.05) is 12.8 Å². The van der Waals surface area contributed by atoms with Gasteiger partial charge in [0.2, 0.25) is 12.1 Å². The highest BCUT2D eigenvalue weighted by Crippen LogP contribution is 1.91. The molecule has 0 fully saturated rings. The topological polar surface area (TPSA) is 68.3 Å². The molecule has 0 aromatic heterocycles. The third kappa shape index (κ3) is 4.13. The summed E-state index contributed by atoms with van der Waals surface area (Å²) in [5, 5.41) is 0. The lowest BCUT2D eigenvalue weighted by atomic mass is 10.1. The fourth-order valence-electron chi connectivity index (χ4n) is 0.468. The van der Waals surface area contributed by atoms with Crippen molar-refractivity contribution in [3.63, 3.8) is 0 Å². The molecule has 58 valence electrons. The second kappa shape index (κ2) is 5.46. The number of ketones is 2. The van der Waals surface area contributed by atoms with Crippen LogP contribution in [-0.2, 0) is 19.2 Å². The Hall–Kier alpha value is -1.32. The third-order valence-electron chi connectivity index (χ3n) is 0.998. The lowest BCUT2D eigenvalue weighted by Crippen LogP contribution is -2.13. The average Bonchev–Trinajstić information content (AvgIpc) is 2.00. The monoisotopic (exact) mass is 154 g/mol. The van der Waals surface area contributed by atoms with E-state index in [1.807, 2.05) is 0 Å². The standard InChI is InChI=1S/C7H6O4/c8-4-1-2-6(10)7(11)3-5-9/h1-3H2. The Kier molecular flexibility index (Phi) is 4.81. The number of hydrogen-bond donors (Lipinski definition) is 0. The molecule has 0 bridgehead atoms. The molecule has 0 aliphatic heterocycles. The summed E-state index contributed by atoms with van der Waals surface area (Å²) in [5.74, 6) is -1.51. The Morgan fingerprint density at radius 3 is 2.09 bits per heavy atom. The van der Waals surface area contributed by atoms with Gasteiger partial charge in [-0.25, -0.2) is 0 Å². The summed E-state index contributed by atoms with van der Waals surface area (Å²) in [6, 6.07) is 0. The molecule has 0 atom stereocenters. The van der Waals surface area contributed by atoms with E-state index in [0.717, 1.165) is 0 Å². The highest BCUT2D eigenvalue weighted by molar-refractivity contribution is 6.39. The van der Waals surface area contributed by atoms with Crippen molar-refractivity contribution in [3.05, 3.63) is 0 Å². The Morgan fingerprint density at radius 1 is 1.00 bits per heavy atom. The summed E-state index contributed by atoms with van der Waals surface area (Å²) < 4.78 is 0. The number of Topliss-reactive ketones (excluding diaryl/α,β-unsaturated/α-hetero) is 2. The normalized spacial score (nSPS) is 8.73. The fourth-order valence-corrected chi connectivity index (χ4v) is 0.468. The van der Waals surface area contributed by atoms with Crippen LogP contribution in [0.15, 0.2) is 0 Å². The fraction of sp³-hybridized carbons (Fsp3) is 0.429. The van der Waals surface area contributed by atoms with Gasteiger partial charge >= 0.3 is 0 Å². The number of carbonyl (C=O) groups excluding carboxylic acids is 4. The lowest BCUT2D eigenvalue weighted by molar-refractivity contribution is -0.135. The average molecular weight is 154 g/mol. The molecule has 0 unspecified atom stereocenters. The van der Waals surface area contributed by atoms with E-state index in [1.54, 1.807) is 0 Å². The highest BCUT2D eigenvalue weighted by atomic mass is 16.2. The van der Waals surface area contributed by atoms with Crippen LogP contribution in [-0.4, -0.2) is 24.1 Å². The first-order chi connectivity index (χ1) is 5.22. The van der Waals surface area contributed by atoms with E-state index < -0.39 is 18.0 Å². The largest absolute Gasteiger partial charge is 0.291 e. The van der Waals surface area contributed by atoms with Crippen LogP contribution in [0.4, 0.5) is 0 Å². The Bertz CT molecular complexity index is 183. The molecule has 0 aliphatic rings. The number of hydrogen-bond acceptors (Lipinski definition) is 4. The summed E-state index contributed by atoms with van der Waals surface area (Å²) in [6.45, 7) is 0. The van der Waals surface area contributed by atoms with Gasteiger partial charge in [0.25, 0.3) is 0 Å². The van der Waals surface area contributed by atoms with Crippen molar-refractivity contribution in [2.75, 3.05) is 0 Å². The number of carbonyl (C=O) groups is 2. The quantitative estimate of drug-likeness (QED) is 0.382. The van der Waals surface area contributed by atoms with Crippen LogP contribution in [0.2, 0.25) is 0 Å². The zero-order chi connectivity index (χ0) is 8.69. The first-order valence-electron chi connectivity index (χ1n) is 2.98. The molecule has 4 nitrogen and oxygen atoms in total. The summed E-state index contributed by atoms with van der Waals surface area (Å²) in [5.41, 5.74) is 0. The van der Waals surface area contributed by atoms with E-state index in [4.69, 9.17) is 0 Å². The molecule has 0 saturated heterocycles. The SMILES string of the molecule is O=[C]CCC(=O)C(=O)C[C]=O. The first kappa shape index (κ1) is 9.68. The van der Waals surface area contributed by atoms with E-state index in [0.29, 0.717) is 0 Å². The summed E-state index contributed by atoms with van der Waals surface area (Å²) >= 11 is 0. The third-order valence-corrected chi connectivity index (χ3v) is 0.998. The van der Waals surface area contributed by atoms with Gasteiger partial charge in [0.1, 0.15) is 0 Å². The maximum atomic E-state index is 10.6. The molecule has 0 rings (SSSR count). The molecule has 0 spiro atoms. The molecule has 0 aromatic rings. The van der Waals surface area contributed by atoms with E-state index in [1.165, 1.54) is 12.6 Å². The first-order valence-corrected chi connectivity index (χ1v) is 2.98. The zero-order valence-corrected chi connectivity index (χ0v) is 5.75. The van der Waals surface area contributed by atoms with Crippen molar-refractivity contribution in [1.29, 1.82) is 0 Å². The highest BCUT2D eigenvalue weighted by Gasteiger charge is 2.11. The van der Waals surface area contributed by atoms with Crippen molar-refractivity contribution < 1.29 is 19.2 Å². The molecule has 0 N–H and O–H groups in total. The molecule has 0 saturated carbocycles. The van der Waals surface area contributed by atoms with Gasteiger partial charge in [0.05, 0.1) is 6.42 Å². The van der Waals surface area contributed by atoms with Gasteiger partial charge in [-0.2, -0.15) is 0 Å². The smallest absolute Gasteiger partial charge is 0.206 e. The minimum absolute atomic E-state index is 0.0938. The molecule has 2 radical (unpaired) electrons. The van der Waals surface area contributed by atoms with Gasteiger partial charge in [-0.05, 0) is 0 Å². The minimum Gasteiger partial charge on any atom is -0.291 e. The minimum atomic E-state index is -0.796. The summed E-state index contributed by atoms with van der Waals surface area (Å²) in [7, 11) is 0. The Balaban J connectivity index is 3.72. The van der Waals surface area contributed by atoms with Crippen molar-refractivity contribution in [2.45, 2.75) is 19.3 Å². The van der Waals surface area contributed by atoms with Crippen LogP contribution in [0.1, 0.15) is 19.3 Å². The van der Waals surface area contributed by atoms with Gasteiger partial charge in [-0.3, -0.25) is 19.2 Å². The predicted octanol–water partition coefficient (Wildman–Crippen LogP) is -0.486. The Morgan fingerprint density at radius 2 is 1.64 bits per heavy atom. The molecular weight excluding hydrogens is 148 g/mol. The van der Waals surface area contributed by atoms with Gasteiger partial charge in [-0.1, -0.05) is 0 Å². The summed E-state index contributed by atoms with van der Waals surface area (Å²) in [6.07, 6.45) is 2.01. The molecule has 0 aliphatic carbocycles. The van der Waals surface area contributed by atoms with Crippen molar-refractivity contribution in [3.8, 4) is 0 Å². The van der Waals surface area contributed by atoms with Crippen molar-refractivity contribution in [1.82, 2.24) is 0 Å². The second-order valence-corrected chi connectivity index (χ2v) is 1.81. The molecule has 0 amide bonds. The van der Waals surface area contributed by atoms with Crippen LogP contribution in [0.25, 0.3) is 0 Å². The van der Waals surface area contributed by atoms with E-state index in [9.17, 15) is 19.2 Å². The van der Waals surface area contributed by atoms with Crippen LogP contribution < -0.4 is 0 Å². The van der Waals surface area contributed by atoms with Crippen LogP contribution in [0.3, 0.4) is 0 Å². The van der Waals surface area contributed by atoms with E-state index in [-0.39, 0.29) is 12.8 Å². The van der Waals surface area contributed by atoms with Gasteiger partial charge in [0.15, 0.2) is 12.1 Å². The zero-order valence-electron chi connectivity index (χ0n) is 5.75. The Labute approximate surface area is 63.6 Å². The van der Waals surface area contributed by atoms with Gasteiger partial charge in [-0.15, -0.1) is 0 Å². The van der Waals surface area contributed by atoms with Gasteiger partial charge < -0.3 is 0 Å². The van der Waals surface area contributed by atoms with Crippen LogP contribution in [0, 0.1) is 0 Å². The van der Waals surface area contributed by atoms with Crippen molar-refractivity contribution in [2.24, 2.45) is 0 Å². The molecule has 11 heavy (non-hydrogen) atoms. The second-order valence-electron chi connectivity index (χ2n) is 1.81. The molecule has 0 aromatic carbocycles. The maximum absolute atomic E-state index is 10.6. The van der Waals surface area contributed by atoms with Crippen LogP contribution in [0.5, 0.6) is 0 Å². The molecule has 4 heteroatoms. The lowest BCUT2D eigenvalue weighted by Gasteiger charge is -1.89. The number of rotatable bonds is 6.